The zero-order chi connectivity index (χ0) is 14.7. The van der Waals surface area contributed by atoms with Crippen LogP contribution in [0.25, 0.3) is 0 Å². The summed E-state index contributed by atoms with van der Waals surface area (Å²) in [7, 11) is 1.34. The standard InChI is InChI=1S/C14H19N3O3/c1-10(18)16-5-7-17(8-6-16)13-4-3-11(9-12(13)15)14(19)20-2/h3-4,9H,5-8,15H2,1-2H3. The van der Waals surface area contributed by atoms with Gasteiger partial charge in [-0.05, 0) is 18.2 Å². The van der Waals surface area contributed by atoms with Crippen LogP contribution in [0.4, 0.5) is 11.4 Å². The Bertz CT molecular complexity index is 522. The maximum atomic E-state index is 11.4. The van der Waals surface area contributed by atoms with E-state index in [1.165, 1.54) is 7.11 Å². The molecule has 2 N–H and O–H groups in total. The van der Waals surface area contributed by atoms with Crippen LogP contribution in [0.2, 0.25) is 0 Å². The molecule has 0 saturated carbocycles. The number of anilines is 2. The van der Waals surface area contributed by atoms with E-state index in [4.69, 9.17) is 5.73 Å². The molecule has 0 atom stereocenters. The fourth-order valence-electron chi connectivity index (χ4n) is 2.35. The van der Waals surface area contributed by atoms with Crippen LogP contribution in [-0.2, 0) is 9.53 Å². The summed E-state index contributed by atoms with van der Waals surface area (Å²) in [6.07, 6.45) is 0. The molecule has 6 nitrogen and oxygen atoms in total. The molecule has 1 aliphatic heterocycles. The summed E-state index contributed by atoms with van der Waals surface area (Å²) in [6.45, 7) is 4.43. The summed E-state index contributed by atoms with van der Waals surface area (Å²) >= 11 is 0. The number of hydrogen-bond donors (Lipinski definition) is 1. The number of benzene rings is 1. The number of hydrogen-bond acceptors (Lipinski definition) is 5. The number of rotatable bonds is 2. The van der Waals surface area contributed by atoms with Gasteiger partial charge in [-0.2, -0.15) is 0 Å². The largest absolute Gasteiger partial charge is 0.465 e. The maximum absolute atomic E-state index is 11.4. The van der Waals surface area contributed by atoms with Crippen molar-refractivity contribution in [1.29, 1.82) is 0 Å². The third-order valence-corrected chi connectivity index (χ3v) is 3.51. The Labute approximate surface area is 118 Å². The molecule has 1 heterocycles. The molecule has 1 aromatic carbocycles. The number of carbonyl (C=O) groups is 2. The molecule has 0 radical (unpaired) electrons. The molecule has 6 heteroatoms. The summed E-state index contributed by atoms with van der Waals surface area (Å²) in [5, 5.41) is 0. The number of amides is 1. The van der Waals surface area contributed by atoms with Crippen molar-refractivity contribution < 1.29 is 14.3 Å². The first-order valence-electron chi connectivity index (χ1n) is 6.51. The fourth-order valence-corrected chi connectivity index (χ4v) is 2.35. The van der Waals surface area contributed by atoms with Gasteiger partial charge in [0.25, 0.3) is 0 Å². The Kier molecular flexibility index (Phi) is 4.12. The van der Waals surface area contributed by atoms with E-state index in [-0.39, 0.29) is 5.91 Å². The molecule has 1 aromatic rings. The van der Waals surface area contributed by atoms with E-state index in [1.807, 2.05) is 11.0 Å². The Balaban J connectivity index is 2.11. The van der Waals surface area contributed by atoms with E-state index in [9.17, 15) is 9.59 Å². The fraction of sp³-hybridized carbons (Fsp3) is 0.429. The van der Waals surface area contributed by atoms with Crippen LogP contribution in [0.1, 0.15) is 17.3 Å². The van der Waals surface area contributed by atoms with E-state index in [2.05, 4.69) is 9.64 Å². The lowest BCUT2D eigenvalue weighted by Gasteiger charge is -2.36. The monoisotopic (exact) mass is 277 g/mol. The smallest absolute Gasteiger partial charge is 0.337 e. The van der Waals surface area contributed by atoms with E-state index in [1.54, 1.807) is 19.1 Å². The summed E-state index contributed by atoms with van der Waals surface area (Å²) in [6, 6.07) is 5.15. The molecular formula is C14H19N3O3. The van der Waals surface area contributed by atoms with Crippen LogP contribution in [0, 0.1) is 0 Å². The number of nitrogens with two attached hydrogens (primary N) is 1. The molecule has 1 fully saturated rings. The van der Waals surface area contributed by atoms with Gasteiger partial charge in [-0.15, -0.1) is 0 Å². The average molecular weight is 277 g/mol. The average Bonchev–Trinajstić information content (AvgIpc) is 2.46. The minimum absolute atomic E-state index is 0.0960. The first-order chi connectivity index (χ1) is 9.52. The predicted octanol–water partition coefficient (Wildman–Crippen LogP) is 0.724. The number of methoxy groups -OCH3 is 1. The van der Waals surface area contributed by atoms with Crippen LogP contribution < -0.4 is 10.6 Å². The number of nitrogen functional groups attached to an aromatic ring is 1. The lowest BCUT2D eigenvalue weighted by Crippen LogP contribution is -2.48. The van der Waals surface area contributed by atoms with Crippen molar-refractivity contribution in [3.63, 3.8) is 0 Å². The quantitative estimate of drug-likeness (QED) is 0.637. The van der Waals surface area contributed by atoms with Crippen molar-refractivity contribution in [2.75, 3.05) is 43.9 Å². The van der Waals surface area contributed by atoms with Gasteiger partial charge in [0.2, 0.25) is 5.91 Å². The molecule has 108 valence electrons. The second-order valence-corrected chi connectivity index (χ2v) is 4.76. The molecule has 0 aromatic heterocycles. The summed E-state index contributed by atoms with van der Waals surface area (Å²) < 4.78 is 4.66. The van der Waals surface area contributed by atoms with Crippen molar-refractivity contribution in [2.24, 2.45) is 0 Å². The maximum Gasteiger partial charge on any atom is 0.337 e. The zero-order valence-corrected chi connectivity index (χ0v) is 11.8. The number of nitrogens with zero attached hydrogens (tertiary/aromatic N) is 2. The number of esters is 1. The van der Waals surface area contributed by atoms with E-state index < -0.39 is 5.97 Å². The molecule has 1 saturated heterocycles. The molecule has 0 unspecified atom stereocenters. The number of ether oxygens (including phenoxy) is 1. The van der Waals surface area contributed by atoms with Gasteiger partial charge in [0.1, 0.15) is 0 Å². The normalized spacial score (nSPS) is 15.1. The van der Waals surface area contributed by atoms with Gasteiger partial charge in [-0.1, -0.05) is 0 Å². The lowest BCUT2D eigenvalue weighted by molar-refractivity contribution is -0.129. The molecule has 20 heavy (non-hydrogen) atoms. The first-order valence-corrected chi connectivity index (χ1v) is 6.51. The van der Waals surface area contributed by atoms with Gasteiger partial charge in [-0.3, -0.25) is 4.79 Å². The molecule has 0 bridgehead atoms. The Morgan fingerprint density at radius 3 is 2.35 bits per heavy atom. The molecule has 0 aliphatic carbocycles. The second kappa shape index (κ2) is 5.81. The van der Waals surface area contributed by atoms with Crippen molar-refractivity contribution in [2.45, 2.75) is 6.92 Å². The van der Waals surface area contributed by atoms with Gasteiger partial charge in [0, 0.05) is 33.1 Å². The van der Waals surface area contributed by atoms with Gasteiger partial charge >= 0.3 is 5.97 Å². The highest BCUT2D eigenvalue weighted by atomic mass is 16.5. The van der Waals surface area contributed by atoms with Crippen LogP contribution in [0.15, 0.2) is 18.2 Å². The van der Waals surface area contributed by atoms with Crippen LogP contribution in [-0.4, -0.2) is 50.1 Å². The van der Waals surface area contributed by atoms with Crippen LogP contribution in [0.5, 0.6) is 0 Å². The highest BCUT2D eigenvalue weighted by Gasteiger charge is 2.20. The van der Waals surface area contributed by atoms with Crippen molar-refractivity contribution in [3.8, 4) is 0 Å². The highest BCUT2D eigenvalue weighted by molar-refractivity contribution is 5.92. The SMILES string of the molecule is COC(=O)c1ccc(N2CCN(C(C)=O)CC2)c(N)c1. The Hall–Kier alpha value is -2.24. The summed E-state index contributed by atoms with van der Waals surface area (Å²) in [5.74, 6) is -0.302. The highest BCUT2D eigenvalue weighted by Crippen LogP contribution is 2.25. The molecular weight excluding hydrogens is 258 g/mol. The molecule has 2 rings (SSSR count). The molecule has 0 spiro atoms. The summed E-state index contributed by atoms with van der Waals surface area (Å²) in [5.41, 5.74) is 7.89. The summed E-state index contributed by atoms with van der Waals surface area (Å²) in [4.78, 5) is 26.7. The first kappa shape index (κ1) is 14.2. The second-order valence-electron chi connectivity index (χ2n) is 4.76. The Morgan fingerprint density at radius 2 is 1.85 bits per heavy atom. The minimum Gasteiger partial charge on any atom is -0.465 e. The van der Waals surface area contributed by atoms with Crippen molar-refractivity contribution in [3.05, 3.63) is 23.8 Å². The third kappa shape index (κ3) is 2.84. The van der Waals surface area contributed by atoms with Gasteiger partial charge in [0.05, 0.1) is 24.0 Å². The van der Waals surface area contributed by atoms with Gasteiger partial charge in [0.15, 0.2) is 0 Å². The van der Waals surface area contributed by atoms with E-state index in [0.29, 0.717) is 24.3 Å². The van der Waals surface area contributed by atoms with Gasteiger partial charge < -0.3 is 20.3 Å². The molecule has 1 amide bonds. The predicted molar refractivity (Wildman–Crippen MR) is 76.7 cm³/mol. The van der Waals surface area contributed by atoms with Crippen LogP contribution in [0.3, 0.4) is 0 Å². The number of carbonyl (C=O) groups excluding carboxylic acids is 2. The Morgan fingerprint density at radius 1 is 1.20 bits per heavy atom. The zero-order valence-electron chi connectivity index (χ0n) is 11.8. The van der Waals surface area contributed by atoms with E-state index in [0.717, 1.165) is 18.8 Å². The van der Waals surface area contributed by atoms with Crippen LogP contribution >= 0.6 is 0 Å². The van der Waals surface area contributed by atoms with Crippen molar-refractivity contribution in [1.82, 2.24) is 4.90 Å². The third-order valence-electron chi connectivity index (χ3n) is 3.51. The lowest BCUT2D eigenvalue weighted by atomic mass is 10.1. The van der Waals surface area contributed by atoms with Gasteiger partial charge in [-0.25, -0.2) is 4.79 Å². The van der Waals surface area contributed by atoms with E-state index >= 15 is 0 Å². The number of piperazine rings is 1. The molecule has 1 aliphatic rings. The minimum atomic E-state index is -0.398. The van der Waals surface area contributed by atoms with Crippen molar-refractivity contribution >= 4 is 23.3 Å². The topological polar surface area (TPSA) is 75.9 Å².